The minimum Gasteiger partial charge on any atom is -0.384 e. The maximum atomic E-state index is 5.69. The van der Waals surface area contributed by atoms with Crippen molar-refractivity contribution in [3.8, 4) is 0 Å². The lowest BCUT2D eigenvalue weighted by Crippen LogP contribution is -2.04. The Kier molecular flexibility index (Phi) is 3.17. The van der Waals surface area contributed by atoms with Crippen LogP contribution in [0.4, 0.5) is 5.82 Å². The monoisotopic (exact) mass is 244 g/mol. The molecule has 4 nitrogen and oxygen atoms in total. The Balaban J connectivity index is 1.87. The van der Waals surface area contributed by atoms with Crippen LogP contribution < -0.4 is 5.73 Å². The Bertz CT molecular complexity index is 524. The van der Waals surface area contributed by atoms with Gasteiger partial charge in [0, 0.05) is 5.92 Å². The summed E-state index contributed by atoms with van der Waals surface area (Å²) in [6.07, 6.45) is 9.24. The molecule has 1 fully saturated rings. The summed E-state index contributed by atoms with van der Waals surface area (Å²) in [7, 11) is 0. The largest absolute Gasteiger partial charge is 0.384 e. The molecule has 2 aromatic heterocycles. The van der Waals surface area contributed by atoms with Gasteiger partial charge < -0.3 is 10.7 Å². The number of nitrogens with two attached hydrogens (primary N) is 1. The van der Waals surface area contributed by atoms with E-state index in [9.17, 15) is 0 Å². The normalized spacial score (nSPS) is 18.7. The number of fused-ring (bicyclic) bond motifs is 1. The van der Waals surface area contributed by atoms with E-state index in [4.69, 9.17) is 5.73 Å². The third-order valence-corrected chi connectivity index (χ3v) is 3.88. The highest BCUT2D eigenvalue weighted by molar-refractivity contribution is 5.72. The number of rotatable bonds is 1. The number of aromatic nitrogens is 3. The van der Waals surface area contributed by atoms with E-state index in [0.29, 0.717) is 11.7 Å². The van der Waals surface area contributed by atoms with Crippen molar-refractivity contribution >= 4 is 17.0 Å². The summed E-state index contributed by atoms with van der Waals surface area (Å²) in [4.78, 5) is 12.3. The predicted octanol–water partition coefficient (Wildman–Crippen LogP) is 3.37. The molecule has 0 saturated heterocycles. The Hall–Kier alpha value is -1.58. The molecule has 0 bridgehead atoms. The quantitative estimate of drug-likeness (QED) is 0.808. The first-order valence-corrected chi connectivity index (χ1v) is 6.95. The second-order valence-electron chi connectivity index (χ2n) is 5.27. The van der Waals surface area contributed by atoms with Gasteiger partial charge in [-0.2, -0.15) is 0 Å². The van der Waals surface area contributed by atoms with Crippen LogP contribution in [-0.2, 0) is 0 Å². The summed E-state index contributed by atoms with van der Waals surface area (Å²) in [6, 6.07) is 3.79. The number of imidazole rings is 1. The number of H-pyrrole nitrogens is 1. The first-order chi connectivity index (χ1) is 8.83. The molecule has 2 aromatic rings. The Labute approximate surface area is 107 Å². The first-order valence-electron chi connectivity index (χ1n) is 6.95. The van der Waals surface area contributed by atoms with Gasteiger partial charge in [0.05, 0.1) is 5.52 Å². The lowest BCUT2D eigenvalue weighted by atomic mass is 9.91. The standard InChI is InChI=1S/C14H20N4/c15-12-9-8-11-14(17-12)18-13(16-11)10-6-4-2-1-3-5-7-10/h8-10H,1-7H2,(H3,15,16,17,18). The molecule has 96 valence electrons. The van der Waals surface area contributed by atoms with E-state index in [1.54, 1.807) is 0 Å². The number of pyridine rings is 1. The second-order valence-corrected chi connectivity index (χ2v) is 5.27. The van der Waals surface area contributed by atoms with E-state index in [0.717, 1.165) is 17.0 Å². The fraction of sp³-hybridized carbons (Fsp3) is 0.571. The zero-order chi connectivity index (χ0) is 12.4. The topological polar surface area (TPSA) is 67.6 Å². The van der Waals surface area contributed by atoms with Gasteiger partial charge in [-0.1, -0.05) is 32.1 Å². The van der Waals surface area contributed by atoms with Crippen molar-refractivity contribution in [1.29, 1.82) is 0 Å². The number of hydrogen-bond donors (Lipinski definition) is 2. The summed E-state index contributed by atoms with van der Waals surface area (Å²) >= 11 is 0. The highest BCUT2D eigenvalue weighted by Gasteiger charge is 2.17. The van der Waals surface area contributed by atoms with Crippen molar-refractivity contribution in [3.05, 3.63) is 18.0 Å². The van der Waals surface area contributed by atoms with Crippen LogP contribution >= 0.6 is 0 Å². The van der Waals surface area contributed by atoms with Gasteiger partial charge >= 0.3 is 0 Å². The second kappa shape index (κ2) is 4.96. The molecule has 0 atom stereocenters. The highest BCUT2D eigenvalue weighted by atomic mass is 15.0. The summed E-state index contributed by atoms with van der Waals surface area (Å²) < 4.78 is 0. The molecule has 0 unspecified atom stereocenters. The van der Waals surface area contributed by atoms with Gasteiger partial charge in [-0.15, -0.1) is 0 Å². The molecule has 4 heteroatoms. The predicted molar refractivity (Wildman–Crippen MR) is 73.4 cm³/mol. The zero-order valence-corrected chi connectivity index (χ0v) is 10.7. The maximum Gasteiger partial charge on any atom is 0.179 e. The Morgan fingerprint density at radius 1 is 1.00 bits per heavy atom. The molecule has 3 rings (SSSR count). The number of anilines is 1. The van der Waals surface area contributed by atoms with Crippen LogP contribution in [0.15, 0.2) is 12.1 Å². The number of hydrogen-bond acceptors (Lipinski definition) is 3. The van der Waals surface area contributed by atoms with Gasteiger partial charge in [0.25, 0.3) is 0 Å². The van der Waals surface area contributed by atoms with E-state index in [1.807, 2.05) is 12.1 Å². The van der Waals surface area contributed by atoms with Crippen LogP contribution in [0.25, 0.3) is 11.2 Å². The molecule has 0 aliphatic heterocycles. The van der Waals surface area contributed by atoms with Gasteiger partial charge in [-0.25, -0.2) is 9.97 Å². The zero-order valence-electron chi connectivity index (χ0n) is 10.7. The van der Waals surface area contributed by atoms with Crippen molar-refractivity contribution in [3.63, 3.8) is 0 Å². The number of nitrogens with zero attached hydrogens (tertiary/aromatic N) is 2. The van der Waals surface area contributed by atoms with Crippen LogP contribution in [0.3, 0.4) is 0 Å². The van der Waals surface area contributed by atoms with Crippen molar-refractivity contribution < 1.29 is 0 Å². The van der Waals surface area contributed by atoms with Crippen LogP contribution in [-0.4, -0.2) is 15.0 Å². The molecular formula is C14H20N4. The van der Waals surface area contributed by atoms with E-state index < -0.39 is 0 Å². The fourth-order valence-electron chi connectivity index (χ4n) is 2.85. The van der Waals surface area contributed by atoms with Gasteiger partial charge in [0.2, 0.25) is 0 Å². The van der Waals surface area contributed by atoms with Crippen LogP contribution in [0.5, 0.6) is 0 Å². The third kappa shape index (κ3) is 2.33. The summed E-state index contributed by atoms with van der Waals surface area (Å²) in [5.74, 6) is 2.21. The Morgan fingerprint density at radius 3 is 2.50 bits per heavy atom. The average molecular weight is 244 g/mol. The summed E-state index contributed by atoms with van der Waals surface area (Å²) in [5.41, 5.74) is 7.45. The van der Waals surface area contributed by atoms with Crippen molar-refractivity contribution in [2.45, 2.75) is 50.9 Å². The van der Waals surface area contributed by atoms with Gasteiger partial charge in [-0.3, -0.25) is 0 Å². The SMILES string of the molecule is Nc1ccc2[nH]c(C3CCCCCCC3)nc2n1. The highest BCUT2D eigenvalue weighted by Crippen LogP contribution is 2.30. The average Bonchev–Trinajstić information content (AvgIpc) is 2.71. The third-order valence-electron chi connectivity index (χ3n) is 3.88. The van der Waals surface area contributed by atoms with E-state index in [2.05, 4.69) is 15.0 Å². The first kappa shape index (κ1) is 11.5. The number of aromatic amines is 1. The molecule has 0 amide bonds. The molecule has 0 spiro atoms. The molecule has 3 N–H and O–H groups in total. The van der Waals surface area contributed by atoms with Crippen LogP contribution in [0.1, 0.15) is 56.7 Å². The summed E-state index contributed by atoms with van der Waals surface area (Å²) in [6.45, 7) is 0. The Morgan fingerprint density at radius 2 is 1.72 bits per heavy atom. The molecule has 2 heterocycles. The molecule has 1 aliphatic rings. The smallest absolute Gasteiger partial charge is 0.179 e. The van der Waals surface area contributed by atoms with Gasteiger partial charge in [0.15, 0.2) is 5.65 Å². The van der Waals surface area contributed by atoms with E-state index in [-0.39, 0.29) is 0 Å². The fourth-order valence-corrected chi connectivity index (χ4v) is 2.85. The lowest BCUT2D eigenvalue weighted by molar-refractivity contribution is 0.445. The lowest BCUT2D eigenvalue weighted by Gasteiger charge is -2.17. The number of nitrogen functional groups attached to an aromatic ring is 1. The van der Waals surface area contributed by atoms with Crippen molar-refractivity contribution in [2.75, 3.05) is 5.73 Å². The van der Waals surface area contributed by atoms with E-state index in [1.165, 1.54) is 44.9 Å². The van der Waals surface area contributed by atoms with Gasteiger partial charge in [-0.05, 0) is 25.0 Å². The summed E-state index contributed by atoms with van der Waals surface area (Å²) in [5, 5.41) is 0. The molecule has 0 radical (unpaired) electrons. The minimum atomic E-state index is 0.540. The molecule has 1 aliphatic carbocycles. The number of nitrogens with one attached hydrogen (secondary N) is 1. The van der Waals surface area contributed by atoms with Crippen LogP contribution in [0, 0.1) is 0 Å². The van der Waals surface area contributed by atoms with Crippen LogP contribution in [0.2, 0.25) is 0 Å². The van der Waals surface area contributed by atoms with Crippen molar-refractivity contribution in [1.82, 2.24) is 15.0 Å². The van der Waals surface area contributed by atoms with Gasteiger partial charge in [0.1, 0.15) is 11.6 Å². The van der Waals surface area contributed by atoms with E-state index >= 15 is 0 Å². The maximum absolute atomic E-state index is 5.69. The molecule has 1 saturated carbocycles. The molecular weight excluding hydrogens is 224 g/mol. The molecule has 18 heavy (non-hydrogen) atoms. The van der Waals surface area contributed by atoms with Crippen molar-refractivity contribution in [2.24, 2.45) is 0 Å². The minimum absolute atomic E-state index is 0.540. The molecule has 0 aromatic carbocycles.